The average Bonchev–Trinajstić information content (AvgIpc) is 2.63. The van der Waals surface area contributed by atoms with E-state index in [0.29, 0.717) is 24.8 Å². The van der Waals surface area contributed by atoms with E-state index in [1.165, 1.54) is 14.0 Å². The van der Waals surface area contributed by atoms with E-state index in [9.17, 15) is 14.4 Å². The molecule has 1 aliphatic heterocycles. The molecule has 1 fully saturated rings. The number of methoxy groups -OCH3 is 1. The minimum absolute atomic E-state index is 0.0154. The van der Waals surface area contributed by atoms with Crippen molar-refractivity contribution in [2.75, 3.05) is 13.7 Å². The maximum absolute atomic E-state index is 12.4. The van der Waals surface area contributed by atoms with Crippen molar-refractivity contribution in [2.24, 2.45) is 11.8 Å². The summed E-state index contributed by atoms with van der Waals surface area (Å²) in [6.45, 7) is 8.94. The first-order valence-electron chi connectivity index (χ1n) is 9.22. The van der Waals surface area contributed by atoms with Crippen molar-refractivity contribution in [2.45, 2.75) is 52.1 Å². The fraction of sp³-hybridized carbons (Fsp3) is 0.571. The lowest BCUT2D eigenvalue weighted by molar-refractivity contribution is -0.297. The highest BCUT2D eigenvalue weighted by Gasteiger charge is 2.39. The SMILES string of the molecule is C=C(CCCC(C)=O)[C@@H]1C(=O)OCC(=CC=CC(C)(C)OO)[C@@H]1CC(=O)OC. The zero-order valence-corrected chi connectivity index (χ0v) is 17.0. The Morgan fingerprint density at radius 1 is 1.36 bits per heavy atom. The summed E-state index contributed by atoms with van der Waals surface area (Å²) in [6.07, 6.45) is 6.57. The van der Waals surface area contributed by atoms with Gasteiger partial charge in [0, 0.05) is 12.3 Å². The molecule has 1 rings (SSSR count). The highest BCUT2D eigenvalue weighted by atomic mass is 17.1. The lowest BCUT2D eigenvalue weighted by atomic mass is 9.76. The Hall–Kier alpha value is -2.25. The molecular formula is C21H30O7. The number of hydrogen-bond donors (Lipinski definition) is 1. The first kappa shape index (κ1) is 23.8. The van der Waals surface area contributed by atoms with Crippen molar-refractivity contribution >= 4 is 17.7 Å². The Labute approximate surface area is 166 Å². The third-order valence-electron chi connectivity index (χ3n) is 4.64. The summed E-state index contributed by atoms with van der Waals surface area (Å²) in [5, 5.41) is 8.87. The van der Waals surface area contributed by atoms with E-state index >= 15 is 0 Å². The number of ketones is 1. The molecule has 0 aromatic carbocycles. The number of cyclic esters (lactones) is 1. The fourth-order valence-corrected chi connectivity index (χ4v) is 3.02. The first-order valence-corrected chi connectivity index (χ1v) is 9.22. The van der Waals surface area contributed by atoms with Crippen LogP contribution in [0.1, 0.15) is 46.5 Å². The number of ether oxygens (including phenoxy) is 2. The number of hydrogen-bond acceptors (Lipinski definition) is 7. The minimum Gasteiger partial charge on any atom is -0.469 e. The van der Waals surface area contributed by atoms with Gasteiger partial charge in [0.2, 0.25) is 0 Å². The average molecular weight is 394 g/mol. The van der Waals surface area contributed by atoms with Crippen molar-refractivity contribution in [3.8, 4) is 0 Å². The van der Waals surface area contributed by atoms with Gasteiger partial charge in [-0.25, -0.2) is 4.89 Å². The molecule has 1 heterocycles. The van der Waals surface area contributed by atoms with Crippen LogP contribution < -0.4 is 0 Å². The summed E-state index contributed by atoms with van der Waals surface area (Å²) in [4.78, 5) is 39.9. The van der Waals surface area contributed by atoms with E-state index < -0.39 is 29.4 Å². The number of carbonyl (C=O) groups is 3. The highest BCUT2D eigenvalue weighted by molar-refractivity contribution is 5.80. The van der Waals surface area contributed by atoms with Crippen LogP contribution in [0.5, 0.6) is 0 Å². The van der Waals surface area contributed by atoms with Crippen molar-refractivity contribution in [1.82, 2.24) is 0 Å². The van der Waals surface area contributed by atoms with E-state index in [1.54, 1.807) is 32.1 Å². The maximum Gasteiger partial charge on any atom is 0.314 e. The number of esters is 2. The number of carbonyl (C=O) groups excluding carboxylic acids is 3. The Morgan fingerprint density at radius 3 is 2.61 bits per heavy atom. The van der Waals surface area contributed by atoms with Crippen molar-refractivity contribution in [3.05, 3.63) is 36.0 Å². The van der Waals surface area contributed by atoms with Crippen LogP contribution in [0.3, 0.4) is 0 Å². The van der Waals surface area contributed by atoms with Gasteiger partial charge in [-0.1, -0.05) is 30.4 Å². The molecule has 0 saturated carbocycles. The quantitative estimate of drug-likeness (QED) is 0.262. The van der Waals surface area contributed by atoms with Gasteiger partial charge >= 0.3 is 11.9 Å². The van der Waals surface area contributed by atoms with Gasteiger partial charge in [-0.3, -0.25) is 14.8 Å². The van der Waals surface area contributed by atoms with E-state index in [0.717, 1.165) is 5.57 Å². The molecule has 156 valence electrons. The monoisotopic (exact) mass is 394 g/mol. The molecule has 0 spiro atoms. The third kappa shape index (κ3) is 7.40. The lowest BCUT2D eigenvalue weighted by Crippen LogP contribution is -2.37. The molecule has 0 aromatic heterocycles. The summed E-state index contributed by atoms with van der Waals surface area (Å²) in [7, 11) is 1.30. The summed E-state index contributed by atoms with van der Waals surface area (Å²) in [6, 6.07) is 0. The van der Waals surface area contributed by atoms with Gasteiger partial charge in [0.25, 0.3) is 0 Å². The fourth-order valence-electron chi connectivity index (χ4n) is 3.02. The predicted molar refractivity (Wildman–Crippen MR) is 103 cm³/mol. The summed E-state index contributed by atoms with van der Waals surface area (Å²) in [5.74, 6) is -1.91. The third-order valence-corrected chi connectivity index (χ3v) is 4.64. The second-order valence-electron chi connectivity index (χ2n) is 7.48. The Balaban J connectivity index is 3.08. The molecule has 0 unspecified atom stereocenters. The van der Waals surface area contributed by atoms with E-state index in [4.69, 9.17) is 14.7 Å². The van der Waals surface area contributed by atoms with Gasteiger partial charge in [-0.05, 0) is 39.2 Å². The Morgan fingerprint density at radius 2 is 2.04 bits per heavy atom. The van der Waals surface area contributed by atoms with Crippen LogP contribution in [-0.4, -0.2) is 42.3 Å². The Bertz CT molecular complexity index is 658. The molecule has 2 atom stereocenters. The maximum atomic E-state index is 12.4. The van der Waals surface area contributed by atoms with Crippen LogP contribution in [0.15, 0.2) is 36.0 Å². The van der Waals surface area contributed by atoms with Gasteiger partial charge in [0.15, 0.2) is 0 Å². The minimum atomic E-state index is -0.879. The highest BCUT2D eigenvalue weighted by Crippen LogP contribution is 2.37. The molecule has 1 aliphatic rings. The largest absolute Gasteiger partial charge is 0.469 e. The molecule has 0 aliphatic carbocycles. The molecular weight excluding hydrogens is 364 g/mol. The summed E-state index contributed by atoms with van der Waals surface area (Å²) < 4.78 is 10.1. The standard InChI is InChI=1S/C21H30O7/c1-14(8-6-9-15(2)22)19-17(12-18(23)26-5)16(13-27-20(19)24)10-7-11-21(3,4)28-25/h7,10-11,17,19,25H,1,6,8-9,12-13H2,2-5H3/t17-,19-/m0/s1. The van der Waals surface area contributed by atoms with Gasteiger partial charge in [-0.15, -0.1) is 0 Å². The van der Waals surface area contributed by atoms with Crippen LogP contribution in [-0.2, 0) is 28.7 Å². The molecule has 1 saturated heterocycles. The Kier molecular flexibility index (Phi) is 9.28. The van der Waals surface area contributed by atoms with Crippen LogP contribution in [0.25, 0.3) is 0 Å². The normalized spacial score (nSPS) is 21.6. The lowest BCUT2D eigenvalue weighted by Gasteiger charge is -2.33. The van der Waals surface area contributed by atoms with Gasteiger partial charge < -0.3 is 14.3 Å². The molecule has 7 nitrogen and oxygen atoms in total. The molecule has 0 amide bonds. The zero-order valence-electron chi connectivity index (χ0n) is 17.0. The van der Waals surface area contributed by atoms with Crippen LogP contribution in [0.2, 0.25) is 0 Å². The summed E-state index contributed by atoms with van der Waals surface area (Å²) >= 11 is 0. The van der Waals surface area contributed by atoms with Gasteiger partial charge in [-0.2, -0.15) is 0 Å². The van der Waals surface area contributed by atoms with Crippen molar-refractivity contribution < 1.29 is 34.0 Å². The number of rotatable bonds is 10. The van der Waals surface area contributed by atoms with Gasteiger partial charge in [0.05, 0.1) is 19.4 Å². The van der Waals surface area contributed by atoms with Crippen molar-refractivity contribution in [3.63, 3.8) is 0 Å². The second kappa shape index (κ2) is 10.9. The van der Waals surface area contributed by atoms with Gasteiger partial charge in [0.1, 0.15) is 18.0 Å². The predicted octanol–water partition coefficient (Wildman–Crippen LogP) is 3.41. The number of allylic oxidation sites excluding steroid dienone is 2. The topological polar surface area (TPSA) is 99.1 Å². The van der Waals surface area contributed by atoms with E-state index in [2.05, 4.69) is 11.5 Å². The molecule has 7 heteroatoms. The van der Waals surface area contributed by atoms with Crippen LogP contribution >= 0.6 is 0 Å². The molecule has 1 N–H and O–H groups in total. The molecule has 0 radical (unpaired) electrons. The molecule has 28 heavy (non-hydrogen) atoms. The van der Waals surface area contributed by atoms with E-state index in [-0.39, 0.29) is 18.8 Å². The molecule has 0 aromatic rings. The smallest absolute Gasteiger partial charge is 0.314 e. The van der Waals surface area contributed by atoms with Crippen molar-refractivity contribution in [1.29, 1.82) is 0 Å². The first-order chi connectivity index (χ1) is 13.1. The van der Waals surface area contributed by atoms with E-state index in [1.807, 2.05) is 0 Å². The van der Waals surface area contributed by atoms with Crippen LogP contribution in [0.4, 0.5) is 0 Å². The van der Waals surface area contributed by atoms with Crippen LogP contribution in [0, 0.1) is 11.8 Å². The number of Topliss-reactive ketones (excluding diaryl/α,β-unsaturated/α-hetero) is 1. The molecule has 0 bridgehead atoms. The summed E-state index contributed by atoms with van der Waals surface area (Å²) in [5.41, 5.74) is 0.497. The second-order valence-corrected chi connectivity index (χ2v) is 7.48. The zero-order chi connectivity index (χ0) is 21.3.